The molecule has 4 nitrogen and oxygen atoms in total. The molecular weight excluding hydrogens is 248 g/mol. The lowest BCUT2D eigenvalue weighted by Crippen LogP contribution is -2.25. The molecule has 0 saturated heterocycles. The van der Waals surface area contributed by atoms with Crippen molar-refractivity contribution in [1.82, 2.24) is 4.90 Å². The molecule has 0 radical (unpaired) electrons. The van der Waals surface area contributed by atoms with E-state index in [4.69, 9.17) is 5.53 Å². The normalized spacial score (nSPS) is 10.2. The van der Waals surface area contributed by atoms with Gasteiger partial charge < -0.3 is 0 Å². The molecule has 0 amide bonds. The van der Waals surface area contributed by atoms with E-state index in [0.717, 1.165) is 19.6 Å². The maximum Gasteiger partial charge on any atom is 0.0386 e. The Bertz CT molecular complexity index is 506. The SMILES string of the molecule is [N-]=[N+]=NCCN(Cc1ccccc1)Cc1ccccc1. The third-order valence-corrected chi connectivity index (χ3v) is 3.08. The maximum atomic E-state index is 8.40. The predicted molar refractivity (Wildman–Crippen MR) is 81.0 cm³/mol. The Morgan fingerprint density at radius 1 is 0.850 bits per heavy atom. The molecule has 0 saturated carbocycles. The van der Waals surface area contributed by atoms with E-state index in [2.05, 4.69) is 39.2 Å². The van der Waals surface area contributed by atoms with E-state index in [0.29, 0.717) is 6.54 Å². The van der Waals surface area contributed by atoms with Crippen LogP contribution in [0.4, 0.5) is 0 Å². The van der Waals surface area contributed by atoms with Gasteiger partial charge in [0.1, 0.15) is 0 Å². The summed E-state index contributed by atoms with van der Waals surface area (Å²) >= 11 is 0. The van der Waals surface area contributed by atoms with Gasteiger partial charge in [0.05, 0.1) is 0 Å². The summed E-state index contributed by atoms with van der Waals surface area (Å²) in [7, 11) is 0. The molecule has 0 aliphatic heterocycles. The monoisotopic (exact) mass is 266 g/mol. The van der Waals surface area contributed by atoms with Crippen LogP contribution in [0.15, 0.2) is 65.8 Å². The maximum absolute atomic E-state index is 8.40. The molecule has 102 valence electrons. The Kier molecular flexibility index (Phi) is 5.65. The Hall–Kier alpha value is -2.29. The molecule has 0 fully saturated rings. The summed E-state index contributed by atoms with van der Waals surface area (Å²) in [5.41, 5.74) is 10.9. The lowest BCUT2D eigenvalue weighted by Gasteiger charge is -2.21. The summed E-state index contributed by atoms with van der Waals surface area (Å²) in [5, 5.41) is 3.63. The zero-order valence-corrected chi connectivity index (χ0v) is 11.4. The Labute approximate surface area is 119 Å². The largest absolute Gasteiger partial charge is 0.295 e. The smallest absolute Gasteiger partial charge is 0.0386 e. The molecule has 0 spiro atoms. The molecule has 4 heteroatoms. The van der Waals surface area contributed by atoms with Crippen LogP contribution in [0.1, 0.15) is 11.1 Å². The third-order valence-electron chi connectivity index (χ3n) is 3.08. The van der Waals surface area contributed by atoms with Gasteiger partial charge in [-0.2, -0.15) is 0 Å². The lowest BCUT2D eigenvalue weighted by atomic mass is 10.1. The highest BCUT2D eigenvalue weighted by Gasteiger charge is 2.06. The van der Waals surface area contributed by atoms with Crippen molar-refractivity contribution in [2.45, 2.75) is 13.1 Å². The number of hydrogen-bond donors (Lipinski definition) is 0. The highest BCUT2D eigenvalue weighted by Crippen LogP contribution is 2.09. The minimum atomic E-state index is 0.496. The number of hydrogen-bond acceptors (Lipinski definition) is 2. The van der Waals surface area contributed by atoms with E-state index < -0.39 is 0 Å². The fraction of sp³-hybridized carbons (Fsp3) is 0.250. The van der Waals surface area contributed by atoms with Crippen LogP contribution in [-0.2, 0) is 13.1 Å². The number of benzene rings is 2. The van der Waals surface area contributed by atoms with Crippen molar-refractivity contribution < 1.29 is 0 Å². The summed E-state index contributed by atoms with van der Waals surface area (Å²) in [6, 6.07) is 20.7. The molecule has 0 N–H and O–H groups in total. The molecule has 0 heterocycles. The fourth-order valence-corrected chi connectivity index (χ4v) is 2.13. The zero-order valence-electron chi connectivity index (χ0n) is 11.4. The number of azide groups is 1. The van der Waals surface area contributed by atoms with E-state index in [1.54, 1.807) is 0 Å². The van der Waals surface area contributed by atoms with Crippen molar-refractivity contribution in [3.05, 3.63) is 82.2 Å². The summed E-state index contributed by atoms with van der Waals surface area (Å²) in [4.78, 5) is 5.11. The van der Waals surface area contributed by atoms with E-state index in [-0.39, 0.29) is 0 Å². The van der Waals surface area contributed by atoms with Gasteiger partial charge in [0.15, 0.2) is 0 Å². The second kappa shape index (κ2) is 8.00. The van der Waals surface area contributed by atoms with Crippen molar-refractivity contribution >= 4 is 0 Å². The van der Waals surface area contributed by atoms with Gasteiger partial charge in [-0.1, -0.05) is 65.8 Å². The minimum Gasteiger partial charge on any atom is -0.295 e. The van der Waals surface area contributed by atoms with Crippen molar-refractivity contribution in [2.75, 3.05) is 13.1 Å². The van der Waals surface area contributed by atoms with Crippen LogP contribution in [-0.4, -0.2) is 18.0 Å². The van der Waals surface area contributed by atoms with Crippen molar-refractivity contribution in [2.24, 2.45) is 5.11 Å². The Balaban J connectivity index is 2.02. The van der Waals surface area contributed by atoms with Crippen LogP contribution in [0.2, 0.25) is 0 Å². The first-order chi connectivity index (χ1) is 9.88. The molecule has 2 rings (SSSR count). The fourth-order valence-electron chi connectivity index (χ4n) is 2.13. The van der Waals surface area contributed by atoms with Crippen molar-refractivity contribution in [1.29, 1.82) is 0 Å². The van der Waals surface area contributed by atoms with E-state index in [9.17, 15) is 0 Å². The van der Waals surface area contributed by atoms with Gasteiger partial charge in [0.2, 0.25) is 0 Å². The van der Waals surface area contributed by atoms with Crippen molar-refractivity contribution in [3.8, 4) is 0 Å². The second-order valence-electron chi connectivity index (χ2n) is 4.64. The molecule has 0 unspecified atom stereocenters. The van der Waals surface area contributed by atoms with Crippen LogP contribution >= 0.6 is 0 Å². The highest BCUT2D eigenvalue weighted by molar-refractivity contribution is 5.17. The zero-order chi connectivity index (χ0) is 14.0. The molecule has 2 aromatic carbocycles. The average molecular weight is 266 g/mol. The average Bonchev–Trinajstić information content (AvgIpc) is 2.49. The van der Waals surface area contributed by atoms with Crippen LogP contribution in [0, 0.1) is 0 Å². The summed E-state index contributed by atoms with van der Waals surface area (Å²) in [5.74, 6) is 0. The Morgan fingerprint density at radius 2 is 1.35 bits per heavy atom. The molecule has 0 aromatic heterocycles. The molecule has 0 aliphatic carbocycles. The standard InChI is InChI=1S/C16H18N4/c17-19-18-11-12-20(13-15-7-3-1-4-8-15)14-16-9-5-2-6-10-16/h1-10H,11-14H2. The lowest BCUT2D eigenvalue weighted by molar-refractivity contribution is 0.264. The van der Waals surface area contributed by atoms with Crippen molar-refractivity contribution in [3.63, 3.8) is 0 Å². The molecule has 0 aliphatic rings. The topological polar surface area (TPSA) is 52.0 Å². The van der Waals surface area contributed by atoms with Gasteiger partial charge in [-0.05, 0) is 16.7 Å². The summed E-state index contributed by atoms with van der Waals surface area (Å²) in [6.45, 7) is 2.97. The van der Waals surface area contributed by atoms with E-state index in [1.807, 2.05) is 36.4 Å². The van der Waals surface area contributed by atoms with Gasteiger partial charge in [-0.25, -0.2) is 0 Å². The van der Waals surface area contributed by atoms with Gasteiger partial charge in [0.25, 0.3) is 0 Å². The first-order valence-electron chi connectivity index (χ1n) is 6.69. The summed E-state index contributed by atoms with van der Waals surface area (Å²) in [6.07, 6.45) is 0. The molecule has 0 bridgehead atoms. The minimum absolute atomic E-state index is 0.496. The van der Waals surface area contributed by atoms with Gasteiger partial charge >= 0.3 is 0 Å². The van der Waals surface area contributed by atoms with Crippen LogP contribution in [0.5, 0.6) is 0 Å². The quantitative estimate of drug-likeness (QED) is 0.424. The first-order valence-corrected chi connectivity index (χ1v) is 6.69. The highest BCUT2D eigenvalue weighted by atomic mass is 15.2. The second-order valence-corrected chi connectivity index (χ2v) is 4.64. The molecular formula is C16H18N4. The van der Waals surface area contributed by atoms with Crippen LogP contribution < -0.4 is 0 Å². The van der Waals surface area contributed by atoms with Gasteiger partial charge in [-0.3, -0.25) is 4.90 Å². The molecule has 2 aromatic rings. The Morgan fingerprint density at radius 3 is 1.80 bits per heavy atom. The van der Waals surface area contributed by atoms with E-state index in [1.165, 1.54) is 11.1 Å². The predicted octanol–water partition coefficient (Wildman–Crippen LogP) is 4.00. The van der Waals surface area contributed by atoms with Crippen LogP contribution in [0.3, 0.4) is 0 Å². The summed E-state index contributed by atoms with van der Waals surface area (Å²) < 4.78 is 0. The number of rotatable bonds is 7. The van der Waals surface area contributed by atoms with E-state index >= 15 is 0 Å². The molecule has 20 heavy (non-hydrogen) atoms. The van der Waals surface area contributed by atoms with Gasteiger partial charge in [-0.15, -0.1) is 0 Å². The number of nitrogens with zero attached hydrogens (tertiary/aromatic N) is 4. The molecule has 0 atom stereocenters. The first kappa shape index (κ1) is 14.1. The van der Waals surface area contributed by atoms with Crippen LogP contribution in [0.25, 0.3) is 10.4 Å². The third kappa shape index (κ3) is 4.76. The van der Waals surface area contributed by atoms with Gasteiger partial charge in [0, 0.05) is 31.1 Å².